The molecule has 0 spiro atoms. The minimum Gasteiger partial charge on any atom is -0.492 e. The lowest BCUT2D eigenvalue weighted by Crippen LogP contribution is -2.50. The molecule has 0 aromatic heterocycles. The third kappa shape index (κ3) is 6.13. The highest BCUT2D eigenvalue weighted by Crippen LogP contribution is 2.10. The summed E-state index contributed by atoms with van der Waals surface area (Å²) in [6, 6.07) is 16.2. The molecule has 1 unspecified atom stereocenters. The topological polar surface area (TPSA) is 58.6 Å². The predicted molar refractivity (Wildman–Crippen MR) is 107 cm³/mol. The fourth-order valence-electron chi connectivity index (χ4n) is 2.61. The number of nitrogens with one attached hydrogen (secondary N) is 1. The monoisotopic (exact) mass is 368 g/mol. The Hall–Kier alpha value is -2.82. The fraction of sp³-hybridized carbons (Fsp3) is 0.364. The van der Waals surface area contributed by atoms with Crippen LogP contribution < -0.4 is 10.1 Å². The van der Waals surface area contributed by atoms with Gasteiger partial charge >= 0.3 is 0 Å². The Morgan fingerprint density at radius 2 is 1.67 bits per heavy atom. The van der Waals surface area contributed by atoms with Crippen LogP contribution in [0.1, 0.15) is 29.8 Å². The summed E-state index contributed by atoms with van der Waals surface area (Å²) in [7, 11) is 1.73. The number of rotatable bonds is 8. The largest absolute Gasteiger partial charge is 0.492 e. The molecule has 27 heavy (non-hydrogen) atoms. The third-order valence-corrected chi connectivity index (χ3v) is 4.35. The van der Waals surface area contributed by atoms with Gasteiger partial charge in [-0.05, 0) is 37.1 Å². The van der Waals surface area contributed by atoms with Crippen LogP contribution in [0.2, 0.25) is 0 Å². The van der Waals surface area contributed by atoms with Crippen LogP contribution in [0.25, 0.3) is 0 Å². The number of nitrogens with zero attached hydrogens (tertiary/aromatic N) is 1. The molecule has 0 bridgehead atoms. The SMILES string of the molecule is Cc1ccc(C(=O)NC(C(=O)N(C)CCOc2ccccc2)C(C)C)cc1. The Bertz CT molecular complexity index is 742. The third-order valence-electron chi connectivity index (χ3n) is 4.35. The van der Waals surface area contributed by atoms with E-state index in [0.29, 0.717) is 18.7 Å². The molecule has 0 fully saturated rings. The second-order valence-corrected chi connectivity index (χ2v) is 6.98. The summed E-state index contributed by atoms with van der Waals surface area (Å²) in [5.74, 6) is 0.383. The lowest BCUT2D eigenvalue weighted by Gasteiger charge is -2.27. The molecule has 5 nitrogen and oxygen atoms in total. The average Bonchev–Trinajstić information content (AvgIpc) is 2.66. The number of hydrogen-bond acceptors (Lipinski definition) is 3. The molecule has 2 aromatic rings. The van der Waals surface area contributed by atoms with Gasteiger partial charge in [-0.3, -0.25) is 9.59 Å². The lowest BCUT2D eigenvalue weighted by molar-refractivity contribution is -0.133. The van der Waals surface area contributed by atoms with Crippen molar-refractivity contribution in [3.63, 3.8) is 0 Å². The summed E-state index contributed by atoms with van der Waals surface area (Å²) in [5, 5.41) is 2.87. The van der Waals surface area contributed by atoms with E-state index in [1.807, 2.05) is 63.2 Å². The van der Waals surface area contributed by atoms with E-state index < -0.39 is 6.04 Å². The molecule has 1 atom stereocenters. The van der Waals surface area contributed by atoms with Gasteiger partial charge in [0.25, 0.3) is 5.91 Å². The highest BCUT2D eigenvalue weighted by Gasteiger charge is 2.27. The molecule has 2 aromatic carbocycles. The van der Waals surface area contributed by atoms with Crippen molar-refractivity contribution in [2.45, 2.75) is 26.8 Å². The van der Waals surface area contributed by atoms with Gasteiger partial charge in [-0.1, -0.05) is 49.7 Å². The smallest absolute Gasteiger partial charge is 0.251 e. The Balaban J connectivity index is 1.92. The van der Waals surface area contributed by atoms with Crippen LogP contribution >= 0.6 is 0 Å². The first-order chi connectivity index (χ1) is 12.9. The maximum Gasteiger partial charge on any atom is 0.251 e. The van der Waals surface area contributed by atoms with Crippen LogP contribution in [0.3, 0.4) is 0 Å². The van der Waals surface area contributed by atoms with E-state index in [9.17, 15) is 9.59 Å². The lowest BCUT2D eigenvalue weighted by atomic mass is 10.0. The van der Waals surface area contributed by atoms with Gasteiger partial charge in [-0.15, -0.1) is 0 Å². The van der Waals surface area contributed by atoms with Gasteiger partial charge in [0.1, 0.15) is 18.4 Å². The highest BCUT2D eigenvalue weighted by molar-refractivity contribution is 5.97. The number of amides is 2. The van der Waals surface area contributed by atoms with E-state index in [4.69, 9.17) is 4.74 Å². The highest BCUT2D eigenvalue weighted by atomic mass is 16.5. The summed E-state index contributed by atoms with van der Waals surface area (Å²) in [4.78, 5) is 26.9. The quantitative estimate of drug-likeness (QED) is 0.778. The van der Waals surface area contributed by atoms with Crippen LogP contribution in [-0.2, 0) is 4.79 Å². The van der Waals surface area contributed by atoms with Gasteiger partial charge in [-0.25, -0.2) is 0 Å². The van der Waals surface area contributed by atoms with Crippen LogP contribution in [0.4, 0.5) is 0 Å². The first-order valence-electron chi connectivity index (χ1n) is 9.19. The summed E-state index contributed by atoms with van der Waals surface area (Å²) in [6.45, 7) is 6.65. The normalized spacial score (nSPS) is 11.7. The molecule has 0 aliphatic rings. The predicted octanol–water partition coefficient (Wildman–Crippen LogP) is 3.29. The summed E-state index contributed by atoms with van der Waals surface area (Å²) < 4.78 is 5.65. The van der Waals surface area contributed by atoms with Crippen molar-refractivity contribution in [1.29, 1.82) is 0 Å². The van der Waals surface area contributed by atoms with Gasteiger partial charge in [0.05, 0.1) is 6.54 Å². The van der Waals surface area contributed by atoms with Crippen molar-refractivity contribution in [3.05, 3.63) is 65.7 Å². The van der Waals surface area contributed by atoms with E-state index in [1.54, 1.807) is 24.1 Å². The van der Waals surface area contributed by atoms with Crippen molar-refractivity contribution in [3.8, 4) is 5.75 Å². The molecule has 0 radical (unpaired) electrons. The Morgan fingerprint density at radius 1 is 1.04 bits per heavy atom. The molecule has 0 aliphatic heterocycles. The summed E-state index contributed by atoms with van der Waals surface area (Å²) in [6.07, 6.45) is 0. The molecule has 2 rings (SSSR count). The summed E-state index contributed by atoms with van der Waals surface area (Å²) in [5.41, 5.74) is 1.63. The van der Waals surface area contributed by atoms with Crippen LogP contribution in [0, 0.1) is 12.8 Å². The van der Waals surface area contributed by atoms with Gasteiger partial charge in [0.15, 0.2) is 0 Å². The Morgan fingerprint density at radius 3 is 2.26 bits per heavy atom. The average molecular weight is 368 g/mol. The molecular weight excluding hydrogens is 340 g/mol. The van der Waals surface area contributed by atoms with Crippen molar-refractivity contribution >= 4 is 11.8 Å². The first kappa shape index (κ1) is 20.5. The zero-order valence-corrected chi connectivity index (χ0v) is 16.4. The van der Waals surface area contributed by atoms with Gasteiger partial charge in [0.2, 0.25) is 5.91 Å². The molecule has 0 heterocycles. The number of carbonyl (C=O) groups excluding carboxylic acids is 2. The fourth-order valence-corrected chi connectivity index (χ4v) is 2.61. The van der Waals surface area contributed by atoms with Crippen LogP contribution in [0.5, 0.6) is 5.75 Å². The molecule has 5 heteroatoms. The first-order valence-corrected chi connectivity index (χ1v) is 9.19. The molecule has 0 aliphatic carbocycles. The van der Waals surface area contributed by atoms with Gasteiger partial charge in [0, 0.05) is 12.6 Å². The van der Waals surface area contributed by atoms with E-state index in [0.717, 1.165) is 11.3 Å². The number of aryl methyl sites for hydroxylation is 1. The van der Waals surface area contributed by atoms with Crippen molar-refractivity contribution < 1.29 is 14.3 Å². The Kier molecular flexibility index (Phi) is 7.41. The number of hydrogen-bond donors (Lipinski definition) is 1. The minimum absolute atomic E-state index is 0.0237. The van der Waals surface area contributed by atoms with Crippen molar-refractivity contribution in [1.82, 2.24) is 10.2 Å². The maximum atomic E-state index is 12.8. The second-order valence-electron chi connectivity index (χ2n) is 6.98. The van der Waals surface area contributed by atoms with Crippen LogP contribution in [0.15, 0.2) is 54.6 Å². The van der Waals surface area contributed by atoms with Gasteiger partial charge in [-0.2, -0.15) is 0 Å². The van der Waals surface area contributed by atoms with E-state index >= 15 is 0 Å². The molecule has 0 saturated heterocycles. The standard InChI is InChI=1S/C22H28N2O3/c1-16(2)20(23-21(25)18-12-10-17(3)11-13-18)22(26)24(4)14-15-27-19-8-6-5-7-9-19/h5-13,16,20H,14-15H2,1-4H3,(H,23,25). The zero-order valence-electron chi connectivity index (χ0n) is 16.4. The number of carbonyl (C=O) groups is 2. The van der Waals surface area contributed by atoms with Crippen molar-refractivity contribution in [2.75, 3.05) is 20.2 Å². The molecule has 0 saturated carbocycles. The van der Waals surface area contributed by atoms with Crippen LogP contribution in [-0.4, -0.2) is 43.0 Å². The number of likely N-dealkylation sites (N-methyl/N-ethyl adjacent to an activating group) is 1. The zero-order chi connectivity index (χ0) is 19.8. The summed E-state index contributed by atoms with van der Waals surface area (Å²) >= 11 is 0. The number of para-hydroxylation sites is 1. The molecule has 1 N–H and O–H groups in total. The molecule has 144 valence electrons. The Labute approximate surface area is 161 Å². The van der Waals surface area contributed by atoms with Crippen molar-refractivity contribution in [2.24, 2.45) is 5.92 Å². The van der Waals surface area contributed by atoms with E-state index in [-0.39, 0.29) is 17.7 Å². The number of ether oxygens (including phenoxy) is 1. The molecule has 2 amide bonds. The van der Waals surface area contributed by atoms with E-state index in [1.165, 1.54) is 0 Å². The minimum atomic E-state index is -0.583. The van der Waals surface area contributed by atoms with Gasteiger partial charge < -0.3 is 15.0 Å². The number of benzene rings is 2. The maximum absolute atomic E-state index is 12.8. The van der Waals surface area contributed by atoms with E-state index in [2.05, 4.69) is 5.32 Å². The second kappa shape index (κ2) is 9.76. The molecular formula is C22H28N2O3.